The summed E-state index contributed by atoms with van der Waals surface area (Å²) < 4.78 is 5.15. The number of carbonyl (C=O) groups is 4. The first kappa shape index (κ1) is 18.4. The molecule has 0 unspecified atom stereocenters. The van der Waals surface area contributed by atoms with Crippen LogP contribution in [0.25, 0.3) is 0 Å². The molecule has 8 nitrogen and oxygen atoms in total. The second-order valence-corrected chi connectivity index (χ2v) is 6.48. The van der Waals surface area contributed by atoms with Crippen molar-refractivity contribution < 1.29 is 28.8 Å². The van der Waals surface area contributed by atoms with Crippen LogP contribution in [0.3, 0.4) is 0 Å². The Bertz CT molecular complexity index is 664. The van der Waals surface area contributed by atoms with Gasteiger partial charge in [-0.25, -0.2) is 9.59 Å². The minimum atomic E-state index is -1.22. The van der Waals surface area contributed by atoms with Crippen LogP contribution in [0.5, 0.6) is 0 Å². The second-order valence-electron chi connectivity index (χ2n) is 6.48. The van der Waals surface area contributed by atoms with Gasteiger partial charge in [-0.3, -0.25) is 9.59 Å². The number of rotatable bonds is 4. The van der Waals surface area contributed by atoms with Crippen molar-refractivity contribution in [1.82, 2.24) is 10.4 Å². The van der Waals surface area contributed by atoms with Crippen LogP contribution >= 0.6 is 0 Å². The quantitative estimate of drug-likeness (QED) is 0.833. The van der Waals surface area contributed by atoms with Crippen molar-refractivity contribution >= 4 is 23.9 Å². The van der Waals surface area contributed by atoms with Gasteiger partial charge in [0, 0.05) is 12.8 Å². The minimum absolute atomic E-state index is 0.0123. The van der Waals surface area contributed by atoms with E-state index >= 15 is 0 Å². The summed E-state index contributed by atoms with van der Waals surface area (Å²) in [7, 11) is 0. The molecule has 0 aromatic heterocycles. The maximum atomic E-state index is 12.5. The molecule has 25 heavy (non-hydrogen) atoms. The predicted molar refractivity (Wildman–Crippen MR) is 85.7 cm³/mol. The monoisotopic (exact) mass is 348 g/mol. The van der Waals surface area contributed by atoms with Crippen molar-refractivity contribution in [1.29, 1.82) is 0 Å². The number of carbonyl (C=O) groups excluding carboxylic acids is 4. The van der Waals surface area contributed by atoms with Gasteiger partial charge in [-0.15, -0.1) is 5.06 Å². The van der Waals surface area contributed by atoms with Gasteiger partial charge in [0.1, 0.15) is 5.60 Å². The molecule has 1 aromatic carbocycles. The molecule has 0 spiro atoms. The smallest absolute Gasteiger partial charge is 0.408 e. The first-order valence-corrected chi connectivity index (χ1v) is 7.79. The van der Waals surface area contributed by atoms with Gasteiger partial charge in [0.2, 0.25) is 0 Å². The lowest BCUT2D eigenvalue weighted by Gasteiger charge is -2.24. The van der Waals surface area contributed by atoms with Gasteiger partial charge < -0.3 is 14.9 Å². The number of hydrogen-bond donors (Lipinski definition) is 1. The van der Waals surface area contributed by atoms with Crippen LogP contribution in [0.2, 0.25) is 0 Å². The Kier molecular flexibility index (Phi) is 5.41. The molecule has 1 atom stereocenters. The number of nitrogens with zero attached hydrogens (tertiary/aromatic N) is 1. The van der Waals surface area contributed by atoms with E-state index in [4.69, 9.17) is 9.57 Å². The summed E-state index contributed by atoms with van der Waals surface area (Å²) in [4.78, 5) is 52.6. The summed E-state index contributed by atoms with van der Waals surface area (Å²) >= 11 is 0. The number of hydrogen-bond acceptors (Lipinski definition) is 6. The predicted octanol–water partition coefficient (Wildman–Crippen LogP) is 1.86. The SMILES string of the molecule is CC(C)(C)OC(=O)N[C@@H](C(=O)ON1C(=O)CCC1=O)c1ccccc1. The van der Waals surface area contributed by atoms with Gasteiger partial charge in [0.05, 0.1) is 0 Å². The maximum absolute atomic E-state index is 12.5. The summed E-state index contributed by atoms with van der Waals surface area (Å²) in [5.74, 6) is -2.15. The third-order valence-corrected chi connectivity index (χ3v) is 3.22. The summed E-state index contributed by atoms with van der Waals surface area (Å²) in [6.45, 7) is 5.05. The van der Waals surface area contributed by atoms with Crippen molar-refractivity contribution in [3.63, 3.8) is 0 Å². The summed E-state index contributed by atoms with van der Waals surface area (Å²) in [6, 6.07) is 7.09. The normalized spacial score (nSPS) is 15.7. The molecule has 1 aliphatic rings. The van der Waals surface area contributed by atoms with E-state index in [9.17, 15) is 19.2 Å². The van der Waals surface area contributed by atoms with Crippen molar-refractivity contribution in [3.05, 3.63) is 35.9 Å². The molecule has 1 fully saturated rings. The minimum Gasteiger partial charge on any atom is -0.444 e. The molecule has 1 aromatic rings. The lowest BCUT2D eigenvalue weighted by molar-refractivity contribution is -0.199. The van der Waals surface area contributed by atoms with E-state index in [0.29, 0.717) is 10.6 Å². The summed E-state index contributed by atoms with van der Waals surface area (Å²) in [5, 5.41) is 2.85. The lowest BCUT2D eigenvalue weighted by Crippen LogP contribution is -2.42. The number of alkyl carbamates (subject to hydrolysis) is 1. The van der Waals surface area contributed by atoms with Gasteiger partial charge in [-0.05, 0) is 26.3 Å². The van der Waals surface area contributed by atoms with E-state index in [0.717, 1.165) is 0 Å². The van der Waals surface area contributed by atoms with Gasteiger partial charge in [-0.2, -0.15) is 0 Å². The molecular weight excluding hydrogens is 328 g/mol. The molecule has 3 amide bonds. The first-order chi connectivity index (χ1) is 11.7. The topological polar surface area (TPSA) is 102 Å². The zero-order valence-electron chi connectivity index (χ0n) is 14.3. The summed E-state index contributed by atoms with van der Waals surface area (Å²) in [6.07, 6.45) is -0.846. The Morgan fingerprint density at radius 1 is 1.08 bits per heavy atom. The van der Waals surface area contributed by atoms with Crippen LogP contribution in [0, 0.1) is 0 Å². The highest BCUT2D eigenvalue weighted by molar-refractivity contribution is 6.02. The molecule has 1 heterocycles. The van der Waals surface area contributed by atoms with E-state index in [1.807, 2.05) is 0 Å². The van der Waals surface area contributed by atoms with E-state index in [1.165, 1.54) is 0 Å². The van der Waals surface area contributed by atoms with E-state index in [2.05, 4.69) is 5.32 Å². The Labute approximate surface area is 145 Å². The maximum Gasteiger partial charge on any atom is 0.408 e. The average Bonchev–Trinajstić information content (AvgIpc) is 2.83. The molecule has 2 rings (SSSR count). The van der Waals surface area contributed by atoms with Crippen molar-refractivity contribution in [2.24, 2.45) is 0 Å². The molecular formula is C17H20N2O6. The third kappa shape index (κ3) is 5.03. The Morgan fingerprint density at radius 2 is 1.64 bits per heavy atom. The molecule has 134 valence electrons. The fraction of sp³-hybridized carbons (Fsp3) is 0.412. The Morgan fingerprint density at radius 3 is 2.16 bits per heavy atom. The van der Waals surface area contributed by atoms with Crippen LogP contribution < -0.4 is 5.32 Å². The molecule has 0 saturated carbocycles. The number of ether oxygens (including phenoxy) is 1. The van der Waals surface area contributed by atoms with Crippen molar-refractivity contribution in [2.45, 2.75) is 45.3 Å². The van der Waals surface area contributed by atoms with Crippen LogP contribution in [0.15, 0.2) is 30.3 Å². The Hall–Kier alpha value is -2.90. The van der Waals surface area contributed by atoms with Crippen molar-refractivity contribution in [3.8, 4) is 0 Å². The molecule has 1 aliphatic heterocycles. The standard InChI is InChI=1S/C17H20N2O6/c1-17(2,3)24-16(23)18-14(11-7-5-4-6-8-11)15(22)25-19-12(20)9-10-13(19)21/h4-8,14H,9-10H2,1-3H3,(H,18,23)/t14-/m1/s1. The van der Waals surface area contributed by atoms with E-state index in [1.54, 1.807) is 51.1 Å². The molecule has 1 saturated heterocycles. The number of hydroxylamine groups is 2. The van der Waals surface area contributed by atoms with E-state index < -0.39 is 35.5 Å². The van der Waals surface area contributed by atoms with Gasteiger partial charge >= 0.3 is 12.1 Å². The van der Waals surface area contributed by atoms with Crippen molar-refractivity contribution in [2.75, 3.05) is 0 Å². The van der Waals surface area contributed by atoms with Gasteiger partial charge in [0.25, 0.3) is 11.8 Å². The average molecular weight is 348 g/mol. The highest BCUT2D eigenvalue weighted by Gasteiger charge is 2.36. The first-order valence-electron chi connectivity index (χ1n) is 7.79. The fourth-order valence-electron chi connectivity index (χ4n) is 2.15. The Balaban J connectivity index is 2.17. The molecule has 0 radical (unpaired) electrons. The molecule has 8 heteroatoms. The molecule has 0 aliphatic carbocycles. The number of imide groups is 1. The molecule has 1 N–H and O–H groups in total. The van der Waals surface area contributed by atoms with Crippen LogP contribution in [0.4, 0.5) is 4.79 Å². The van der Waals surface area contributed by atoms with Gasteiger partial charge in [-0.1, -0.05) is 30.3 Å². The van der Waals surface area contributed by atoms with E-state index in [-0.39, 0.29) is 12.8 Å². The fourth-order valence-corrected chi connectivity index (χ4v) is 2.15. The van der Waals surface area contributed by atoms with Crippen LogP contribution in [-0.4, -0.2) is 34.5 Å². The highest BCUT2D eigenvalue weighted by atomic mass is 16.7. The van der Waals surface area contributed by atoms with Crippen LogP contribution in [-0.2, 0) is 24.0 Å². The zero-order chi connectivity index (χ0) is 18.6. The lowest BCUT2D eigenvalue weighted by atomic mass is 10.1. The summed E-state index contributed by atoms with van der Waals surface area (Å²) in [5.41, 5.74) is -0.326. The molecule has 0 bridgehead atoms. The largest absolute Gasteiger partial charge is 0.444 e. The van der Waals surface area contributed by atoms with Crippen LogP contribution in [0.1, 0.15) is 45.2 Å². The number of amides is 3. The van der Waals surface area contributed by atoms with Gasteiger partial charge in [0.15, 0.2) is 6.04 Å². The number of nitrogens with one attached hydrogen (secondary N) is 1. The number of benzene rings is 1. The third-order valence-electron chi connectivity index (χ3n) is 3.22. The highest BCUT2D eigenvalue weighted by Crippen LogP contribution is 2.19. The zero-order valence-corrected chi connectivity index (χ0v) is 14.3. The second kappa shape index (κ2) is 7.33.